The number of hydrogen-bond acceptors (Lipinski definition) is 4. The standard InChI is InChI=1S/C17H18FNO4S/c1-2-3-4-12-5-7-13(8-6-12)19-24(22,23)14-9-10-16(18)15(11-14)17(20)21/h5-11,19H,2-4H2,1H3,(H,20,21)/p-1. The van der Waals surface area contributed by atoms with E-state index < -0.39 is 27.4 Å². The highest BCUT2D eigenvalue weighted by atomic mass is 32.2. The van der Waals surface area contributed by atoms with Crippen LogP contribution in [-0.2, 0) is 16.4 Å². The monoisotopic (exact) mass is 350 g/mol. The number of unbranched alkanes of at least 4 members (excludes halogenated alkanes) is 1. The lowest BCUT2D eigenvalue weighted by Crippen LogP contribution is -2.24. The largest absolute Gasteiger partial charge is 0.545 e. The summed E-state index contributed by atoms with van der Waals surface area (Å²) in [5, 5.41) is 10.8. The molecule has 2 aromatic rings. The highest BCUT2D eigenvalue weighted by Gasteiger charge is 2.17. The van der Waals surface area contributed by atoms with Gasteiger partial charge in [0.25, 0.3) is 10.0 Å². The van der Waals surface area contributed by atoms with Gasteiger partial charge in [0.2, 0.25) is 0 Å². The molecule has 24 heavy (non-hydrogen) atoms. The Morgan fingerprint density at radius 2 is 1.83 bits per heavy atom. The van der Waals surface area contributed by atoms with Crippen molar-refractivity contribution in [1.82, 2.24) is 0 Å². The molecule has 0 atom stereocenters. The Kier molecular flexibility index (Phi) is 5.56. The summed E-state index contributed by atoms with van der Waals surface area (Å²) < 4.78 is 40.3. The molecule has 0 aromatic heterocycles. The van der Waals surface area contributed by atoms with Crippen molar-refractivity contribution in [3.05, 3.63) is 59.4 Å². The Morgan fingerprint density at radius 1 is 1.17 bits per heavy atom. The van der Waals surface area contributed by atoms with Crippen LogP contribution in [0.25, 0.3) is 0 Å². The van der Waals surface area contributed by atoms with Crippen LogP contribution in [0.2, 0.25) is 0 Å². The van der Waals surface area contributed by atoms with Gasteiger partial charge in [0.1, 0.15) is 5.82 Å². The van der Waals surface area contributed by atoms with E-state index in [4.69, 9.17) is 0 Å². The maximum atomic E-state index is 13.3. The van der Waals surface area contributed by atoms with Crippen LogP contribution in [-0.4, -0.2) is 14.4 Å². The third kappa shape index (κ3) is 4.32. The molecule has 1 N–H and O–H groups in total. The molecule has 0 aliphatic carbocycles. The number of sulfonamides is 1. The summed E-state index contributed by atoms with van der Waals surface area (Å²) in [6.07, 6.45) is 3.03. The van der Waals surface area contributed by atoms with E-state index in [1.807, 2.05) is 12.1 Å². The fraction of sp³-hybridized carbons (Fsp3) is 0.235. The van der Waals surface area contributed by atoms with Gasteiger partial charge >= 0.3 is 0 Å². The number of nitrogens with one attached hydrogen (secondary N) is 1. The number of carboxylic acids is 1. The average molecular weight is 350 g/mol. The summed E-state index contributed by atoms with van der Waals surface area (Å²) in [6.45, 7) is 2.09. The van der Waals surface area contributed by atoms with Gasteiger partial charge in [0, 0.05) is 11.3 Å². The molecule has 0 aliphatic rings. The second kappa shape index (κ2) is 7.44. The predicted octanol–water partition coefficient (Wildman–Crippen LogP) is 2.33. The summed E-state index contributed by atoms with van der Waals surface area (Å²) in [7, 11) is -4.02. The van der Waals surface area contributed by atoms with E-state index >= 15 is 0 Å². The average Bonchev–Trinajstić information content (AvgIpc) is 2.54. The van der Waals surface area contributed by atoms with E-state index in [1.165, 1.54) is 0 Å². The number of carbonyl (C=O) groups excluding carboxylic acids is 1. The molecular formula is C17H17FNO4S-. The lowest BCUT2D eigenvalue weighted by atomic mass is 10.1. The molecule has 5 nitrogen and oxygen atoms in total. The van der Waals surface area contributed by atoms with Crippen molar-refractivity contribution in [3.8, 4) is 0 Å². The Morgan fingerprint density at radius 3 is 2.42 bits per heavy atom. The maximum Gasteiger partial charge on any atom is 0.261 e. The molecule has 128 valence electrons. The quantitative estimate of drug-likeness (QED) is 0.830. The van der Waals surface area contributed by atoms with Gasteiger partial charge < -0.3 is 9.90 Å². The first-order valence-electron chi connectivity index (χ1n) is 7.46. The van der Waals surface area contributed by atoms with E-state index in [9.17, 15) is 22.7 Å². The molecule has 0 amide bonds. The van der Waals surface area contributed by atoms with Crippen molar-refractivity contribution in [3.63, 3.8) is 0 Å². The van der Waals surface area contributed by atoms with Crippen molar-refractivity contribution in [2.24, 2.45) is 0 Å². The van der Waals surface area contributed by atoms with Crippen molar-refractivity contribution < 1.29 is 22.7 Å². The first-order valence-corrected chi connectivity index (χ1v) is 8.94. The summed E-state index contributed by atoms with van der Waals surface area (Å²) >= 11 is 0. The molecule has 0 bridgehead atoms. The molecule has 0 aliphatic heterocycles. The van der Waals surface area contributed by atoms with Gasteiger partial charge in [-0.05, 0) is 48.7 Å². The lowest BCUT2D eigenvalue weighted by molar-refractivity contribution is -0.255. The molecule has 0 spiro atoms. The van der Waals surface area contributed by atoms with Crippen molar-refractivity contribution in [2.75, 3.05) is 4.72 Å². The maximum absolute atomic E-state index is 13.3. The molecule has 0 heterocycles. The van der Waals surface area contributed by atoms with Crippen LogP contribution in [0, 0.1) is 5.82 Å². The van der Waals surface area contributed by atoms with Crippen LogP contribution in [0.3, 0.4) is 0 Å². The van der Waals surface area contributed by atoms with Gasteiger partial charge in [-0.15, -0.1) is 0 Å². The van der Waals surface area contributed by atoms with Gasteiger partial charge in [0.05, 0.1) is 10.9 Å². The Labute approximate surface area is 140 Å². The molecule has 2 aromatic carbocycles. The number of aryl methyl sites for hydroxylation is 1. The number of carboxylic acid groups (broad SMARTS) is 1. The number of hydrogen-bond donors (Lipinski definition) is 1. The van der Waals surface area contributed by atoms with E-state index in [1.54, 1.807) is 12.1 Å². The van der Waals surface area contributed by atoms with Crippen LogP contribution < -0.4 is 9.83 Å². The molecule has 0 saturated heterocycles. The zero-order valence-electron chi connectivity index (χ0n) is 13.1. The second-order valence-electron chi connectivity index (χ2n) is 5.34. The fourth-order valence-electron chi connectivity index (χ4n) is 2.16. The predicted molar refractivity (Wildman–Crippen MR) is 86.6 cm³/mol. The first kappa shape index (κ1) is 17.9. The van der Waals surface area contributed by atoms with Crippen molar-refractivity contribution >= 4 is 21.7 Å². The number of carbonyl (C=O) groups is 1. The van der Waals surface area contributed by atoms with Crippen molar-refractivity contribution in [1.29, 1.82) is 0 Å². The minimum atomic E-state index is -4.02. The summed E-state index contributed by atoms with van der Waals surface area (Å²) in [4.78, 5) is 10.5. The SMILES string of the molecule is CCCCc1ccc(NS(=O)(=O)c2ccc(F)c(C(=O)[O-])c2)cc1. The van der Waals surface area contributed by atoms with E-state index in [0.717, 1.165) is 43.0 Å². The smallest absolute Gasteiger partial charge is 0.261 e. The Balaban J connectivity index is 2.22. The summed E-state index contributed by atoms with van der Waals surface area (Å²) in [5.74, 6) is -2.82. The van der Waals surface area contributed by atoms with E-state index in [0.29, 0.717) is 5.69 Å². The highest BCUT2D eigenvalue weighted by molar-refractivity contribution is 7.92. The van der Waals surface area contributed by atoms with E-state index in [2.05, 4.69) is 11.6 Å². The fourth-order valence-corrected chi connectivity index (χ4v) is 3.25. The molecular weight excluding hydrogens is 333 g/mol. The molecule has 2 rings (SSSR count). The minimum absolute atomic E-state index is 0.342. The number of anilines is 1. The van der Waals surface area contributed by atoms with Crippen LogP contribution in [0.4, 0.5) is 10.1 Å². The summed E-state index contributed by atoms with van der Waals surface area (Å²) in [5.41, 5.74) is 0.642. The minimum Gasteiger partial charge on any atom is -0.545 e. The van der Waals surface area contributed by atoms with Gasteiger partial charge in [-0.2, -0.15) is 0 Å². The molecule has 0 unspecified atom stereocenters. The lowest BCUT2D eigenvalue weighted by Gasteiger charge is -2.11. The number of benzene rings is 2. The zero-order valence-corrected chi connectivity index (χ0v) is 13.9. The van der Waals surface area contributed by atoms with Gasteiger partial charge in [-0.1, -0.05) is 25.5 Å². The van der Waals surface area contributed by atoms with Crippen LogP contribution >= 0.6 is 0 Å². The zero-order chi connectivity index (χ0) is 17.7. The Hall–Kier alpha value is -2.41. The van der Waals surface area contributed by atoms with Crippen LogP contribution in [0.5, 0.6) is 0 Å². The normalized spacial score (nSPS) is 11.2. The second-order valence-corrected chi connectivity index (χ2v) is 7.02. The summed E-state index contributed by atoms with van der Waals surface area (Å²) in [6, 6.07) is 9.43. The van der Waals surface area contributed by atoms with Crippen molar-refractivity contribution in [2.45, 2.75) is 31.1 Å². The number of aromatic carboxylic acids is 1. The van der Waals surface area contributed by atoms with Gasteiger partial charge in [-0.3, -0.25) is 4.72 Å². The van der Waals surface area contributed by atoms with Gasteiger partial charge in [0.15, 0.2) is 0 Å². The molecule has 7 heteroatoms. The molecule has 0 radical (unpaired) electrons. The van der Waals surface area contributed by atoms with Crippen LogP contribution in [0.1, 0.15) is 35.7 Å². The number of rotatable bonds is 7. The topological polar surface area (TPSA) is 86.3 Å². The van der Waals surface area contributed by atoms with Gasteiger partial charge in [-0.25, -0.2) is 12.8 Å². The van der Waals surface area contributed by atoms with Crippen LogP contribution in [0.15, 0.2) is 47.4 Å². The first-order chi connectivity index (χ1) is 11.3. The third-order valence-electron chi connectivity index (χ3n) is 3.49. The molecule has 0 saturated carbocycles. The molecule has 0 fully saturated rings. The third-order valence-corrected chi connectivity index (χ3v) is 4.87. The van der Waals surface area contributed by atoms with E-state index in [-0.39, 0.29) is 4.90 Å². The number of halogens is 1. The Bertz CT molecular complexity index is 832. The highest BCUT2D eigenvalue weighted by Crippen LogP contribution is 2.19.